The Morgan fingerprint density at radius 1 is 1.41 bits per heavy atom. The smallest absolute Gasteiger partial charge is 0.142 e. The van der Waals surface area contributed by atoms with Gasteiger partial charge in [0, 0.05) is 12.6 Å². The van der Waals surface area contributed by atoms with Gasteiger partial charge in [-0.1, -0.05) is 6.07 Å². The highest BCUT2D eigenvalue weighted by Crippen LogP contribution is 2.37. The fraction of sp³-hybridized carbons (Fsp3) is 0.571. The summed E-state index contributed by atoms with van der Waals surface area (Å²) in [5.41, 5.74) is 8.87. The zero-order valence-corrected chi connectivity index (χ0v) is 10.4. The van der Waals surface area contributed by atoms with Crippen LogP contribution in [0.3, 0.4) is 0 Å². The Morgan fingerprint density at radius 2 is 2.24 bits per heavy atom. The molecule has 0 atom stereocenters. The SMILES string of the molecule is CN1CCOc2ccc(CCC3(N)CC3)cc21. The first kappa shape index (κ1) is 10.9. The van der Waals surface area contributed by atoms with Crippen molar-refractivity contribution in [2.24, 2.45) is 5.73 Å². The van der Waals surface area contributed by atoms with Crippen molar-refractivity contribution < 1.29 is 4.74 Å². The summed E-state index contributed by atoms with van der Waals surface area (Å²) in [6, 6.07) is 6.51. The van der Waals surface area contributed by atoms with Crippen LogP contribution in [0.1, 0.15) is 24.8 Å². The number of hydrogen-bond donors (Lipinski definition) is 1. The Labute approximate surface area is 103 Å². The van der Waals surface area contributed by atoms with Crippen LogP contribution in [0.15, 0.2) is 18.2 Å². The Morgan fingerprint density at radius 3 is 3.00 bits per heavy atom. The molecular formula is C14H20N2O. The molecule has 3 nitrogen and oxygen atoms in total. The fourth-order valence-electron chi connectivity index (χ4n) is 2.36. The van der Waals surface area contributed by atoms with Crippen LogP contribution in [0, 0.1) is 0 Å². The lowest BCUT2D eigenvalue weighted by molar-refractivity contribution is 0.311. The summed E-state index contributed by atoms with van der Waals surface area (Å²) < 4.78 is 5.64. The average Bonchev–Trinajstić information content (AvgIpc) is 3.06. The minimum absolute atomic E-state index is 0.151. The zero-order chi connectivity index (χ0) is 11.9. The van der Waals surface area contributed by atoms with Crippen LogP contribution >= 0.6 is 0 Å². The number of anilines is 1. The number of nitrogens with zero attached hydrogens (tertiary/aromatic N) is 1. The molecule has 2 N–H and O–H groups in total. The van der Waals surface area contributed by atoms with Crippen LogP contribution in [-0.2, 0) is 6.42 Å². The minimum Gasteiger partial charge on any atom is -0.490 e. The Bertz CT molecular complexity index is 426. The van der Waals surface area contributed by atoms with E-state index in [9.17, 15) is 0 Å². The molecule has 17 heavy (non-hydrogen) atoms. The van der Waals surface area contributed by atoms with Crippen molar-refractivity contribution in [2.45, 2.75) is 31.2 Å². The standard InChI is InChI=1S/C14H20N2O/c1-16-8-9-17-13-3-2-11(10-12(13)16)4-5-14(15)6-7-14/h2-3,10H,4-9,15H2,1H3. The summed E-state index contributed by atoms with van der Waals surface area (Å²) in [5, 5.41) is 0. The van der Waals surface area contributed by atoms with E-state index >= 15 is 0 Å². The topological polar surface area (TPSA) is 38.5 Å². The number of rotatable bonds is 3. The maximum absolute atomic E-state index is 6.12. The van der Waals surface area contributed by atoms with Crippen molar-refractivity contribution >= 4 is 5.69 Å². The predicted molar refractivity (Wildman–Crippen MR) is 69.7 cm³/mol. The van der Waals surface area contributed by atoms with Gasteiger partial charge in [0.15, 0.2) is 0 Å². The van der Waals surface area contributed by atoms with Gasteiger partial charge in [0.25, 0.3) is 0 Å². The van der Waals surface area contributed by atoms with Gasteiger partial charge in [0.05, 0.1) is 12.2 Å². The minimum atomic E-state index is 0.151. The molecule has 1 aliphatic heterocycles. The summed E-state index contributed by atoms with van der Waals surface area (Å²) in [6.07, 6.45) is 4.58. The maximum atomic E-state index is 6.12. The van der Waals surface area contributed by atoms with Crippen LogP contribution in [0.4, 0.5) is 5.69 Å². The number of ether oxygens (including phenoxy) is 1. The van der Waals surface area contributed by atoms with Crippen molar-refractivity contribution in [3.05, 3.63) is 23.8 Å². The van der Waals surface area contributed by atoms with Gasteiger partial charge in [-0.15, -0.1) is 0 Å². The van der Waals surface area contributed by atoms with Crippen LogP contribution in [0.5, 0.6) is 5.75 Å². The predicted octanol–water partition coefficient (Wildman–Crippen LogP) is 1.94. The molecule has 3 rings (SSSR count). The monoisotopic (exact) mass is 232 g/mol. The highest BCUT2D eigenvalue weighted by atomic mass is 16.5. The Balaban J connectivity index is 1.75. The number of benzene rings is 1. The van der Waals surface area contributed by atoms with E-state index in [0.717, 1.165) is 31.7 Å². The lowest BCUT2D eigenvalue weighted by Crippen LogP contribution is -2.28. The first-order valence-electron chi connectivity index (χ1n) is 6.42. The molecule has 0 amide bonds. The maximum Gasteiger partial charge on any atom is 0.142 e. The lowest BCUT2D eigenvalue weighted by atomic mass is 10.0. The average molecular weight is 232 g/mol. The van der Waals surface area contributed by atoms with Gasteiger partial charge in [-0.3, -0.25) is 0 Å². The van der Waals surface area contributed by atoms with Crippen molar-refractivity contribution in [1.29, 1.82) is 0 Å². The molecule has 0 bridgehead atoms. The fourth-order valence-corrected chi connectivity index (χ4v) is 2.36. The Kier molecular flexibility index (Phi) is 2.51. The molecule has 1 saturated carbocycles. The van der Waals surface area contributed by atoms with Gasteiger partial charge >= 0.3 is 0 Å². The van der Waals surface area contributed by atoms with Gasteiger partial charge in [-0.05, 0) is 43.4 Å². The van der Waals surface area contributed by atoms with E-state index < -0.39 is 0 Å². The summed E-state index contributed by atoms with van der Waals surface area (Å²) in [4.78, 5) is 2.26. The summed E-state index contributed by atoms with van der Waals surface area (Å²) in [6.45, 7) is 1.76. The molecule has 2 aliphatic rings. The van der Waals surface area contributed by atoms with E-state index in [-0.39, 0.29) is 5.54 Å². The molecular weight excluding hydrogens is 212 g/mol. The molecule has 0 unspecified atom stereocenters. The van der Waals surface area contributed by atoms with E-state index in [4.69, 9.17) is 10.5 Å². The third-order valence-corrected chi connectivity index (χ3v) is 3.92. The number of hydrogen-bond acceptors (Lipinski definition) is 3. The molecule has 0 aromatic heterocycles. The quantitative estimate of drug-likeness (QED) is 0.865. The molecule has 0 radical (unpaired) electrons. The largest absolute Gasteiger partial charge is 0.490 e. The molecule has 1 heterocycles. The van der Waals surface area contributed by atoms with E-state index in [2.05, 4.69) is 30.1 Å². The second kappa shape index (κ2) is 3.91. The first-order chi connectivity index (χ1) is 8.16. The molecule has 3 heteroatoms. The van der Waals surface area contributed by atoms with Crippen LogP contribution in [0.2, 0.25) is 0 Å². The summed E-state index contributed by atoms with van der Waals surface area (Å²) in [7, 11) is 2.12. The van der Waals surface area contributed by atoms with Crippen LogP contribution in [0.25, 0.3) is 0 Å². The number of likely N-dealkylation sites (N-methyl/N-ethyl adjacent to an activating group) is 1. The lowest BCUT2D eigenvalue weighted by Gasteiger charge is -2.28. The summed E-state index contributed by atoms with van der Waals surface area (Å²) in [5.74, 6) is 1.01. The molecule has 1 aliphatic carbocycles. The van der Waals surface area contributed by atoms with E-state index in [0.29, 0.717) is 0 Å². The first-order valence-corrected chi connectivity index (χ1v) is 6.42. The number of aryl methyl sites for hydroxylation is 1. The highest BCUT2D eigenvalue weighted by Gasteiger charge is 2.37. The van der Waals surface area contributed by atoms with Gasteiger partial charge < -0.3 is 15.4 Å². The van der Waals surface area contributed by atoms with Gasteiger partial charge in [-0.25, -0.2) is 0 Å². The zero-order valence-electron chi connectivity index (χ0n) is 10.4. The summed E-state index contributed by atoms with van der Waals surface area (Å²) >= 11 is 0. The van der Waals surface area contributed by atoms with Gasteiger partial charge in [0.2, 0.25) is 0 Å². The second-order valence-electron chi connectivity index (χ2n) is 5.43. The molecule has 0 spiro atoms. The molecule has 1 aromatic rings. The van der Waals surface area contributed by atoms with E-state index in [1.54, 1.807) is 0 Å². The number of fused-ring (bicyclic) bond motifs is 1. The van der Waals surface area contributed by atoms with E-state index in [1.165, 1.54) is 24.1 Å². The molecule has 1 fully saturated rings. The molecule has 0 saturated heterocycles. The van der Waals surface area contributed by atoms with E-state index in [1.807, 2.05) is 0 Å². The third kappa shape index (κ3) is 2.25. The van der Waals surface area contributed by atoms with Crippen molar-refractivity contribution in [3.8, 4) is 5.75 Å². The van der Waals surface area contributed by atoms with Gasteiger partial charge in [0.1, 0.15) is 12.4 Å². The second-order valence-corrected chi connectivity index (χ2v) is 5.43. The molecule has 1 aromatic carbocycles. The van der Waals surface area contributed by atoms with Crippen LogP contribution < -0.4 is 15.4 Å². The van der Waals surface area contributed by atoms with Gasteiger partial charge in [-0.2, -0.15) is 0 Å². The Hall–Kier alpha value is -1.22. The van der Waals surface area contributed by atoms with Crippen molar-refractivity contribution in [3.63, 3.8) is 0 Å². The van der Waals surface area contributed by atoms with Crippen molar-refractivity contribution in [2.75, 3.05) is 25.1 Å². The normalized spacial score (nSPS) is 20.7. The molecule has 92 valence electrons. The van der Waals surface area contributed by atoms with Crippen molar-refractivity contribution in [1.82, 2.24) is 0 Å². The third-order valence-electron chi connectivity index (χ3n) is 3.92. The highest BCUT2D eigenvalue weighted by molar-refractivity contribution is 5.60. The number of nitrogens with two attached hydrogens (primary N) is 1. The van der Waals surface area contributed by atoms with Crippen LogP contribution in [-0.4, -0.2) is 25.7 Å².